The molecule has 1 aromatic heterocycles. The number of carbonyl (C=O) groups excluding carboxylic acids is 1. The molecule has 1 amide bonds. The molecule has 0 radical (unpaired) electrons. The van der Waals surface area contributed by atoms with Crippen LogP contribution in [0.4, 0.5) is 0 Å². The van der Waals surface area contributed by atoms with Crippen molar-refractivity contribution in [3.8, 4) is 0 Å². The SMILES string of the molecule is NNC(=O)c1sccc1CN(CCCO)C1CCC1. The lowest BCUT2D eigenvalue weighted by atomic mass is 9.91. The van der Waals surface area contributed by atoms with Crippen molar-refractivity contribution >= 4 is 17.2 Å². The van der Waals surface area contributed by atoms with Crippen molar-refractivity contribution < 1.29 is 9.90 Å². The van der Waals surface area contributed by atoms with Crippen molar-refractivity contribution in [1.82, 2.24) is 10.3 Å². The first kappa shape index (κ1) is 14.5. The standard InChI is InChI=1S/C13H21N3O2S/c14-15-13(18)12-10(5-8-19-12)9-16(6-2-7-17)11-3-1-4-11/h5,8,11,17H,1-4,6-7,9,14H2,(H,15,18). The molecule has 0 saturated heterocycles. The van der Waals surface area contributed by atoms with Gasteiger partial charge in [0, 0.05) is 25.7 Å². The van der Waals surface area contributed by atoms with Gasteiger partial charge in [0.05, 0.1) is 4.88 Å². The fourth-order valence-corrected chi connectivity index (χ4v) is 3.18. The summed E-state index contributed by atoms with van der Waals surface area (Å²) in [5, 5.41) is 10.9. The van der Waals surface area contributed by atoms with Crippen LogP contribution < -0.4 is 11.3 Å². The molecular formula is C13H21N3O2S. The average Bonchev–Trinajstić information content (AvgIpc) is 2.81. The maximum Gasteiger partial charge on any atom is 0.275 e. The van der Waals surface area contributed by atoms with Crippen molar-refractivity contribution in [2.24, 2.45) is 5.84 Å². The number of nitrogens with two attached hydrogens (primary N) is 1. The Bertz CT molecular complexity index is 418. The monoisotopic (exact) mass is 283 g/mol. The molecule has 0 spiro atoms. The van der Waals surface area contributed by atoms with E-state index in [0.717, 1.165) is 25.1 Å². The summed E-state index contributed by atoms with van der Waals surface area (Å²) in [6, 6.07) is 2.58. The second kappa shape index (κ2) is 7.00. The third-order valence-electron chi connectivity index (χ3n) is 3.65. The highest BCUT2D eigenvalue weighted by Crippen LogP contribution is 2.28. The van der Waals surface area contributed by atoms with Crippen LogP contribution in [0.25, 0.3) is 0 Å². The number of nitrogens with zero attached hydrogens (tertiary/aromatic N) is 1. The summed E-state index contributed by atoms with van der Waals surface area (Å²) < 4.78 is 0. The van der Waals surface area contributed by atoms with E-state index in [2.05, 4.69) is 10.3 Å². The first-order valence-electron chi connectivity index (χ1n) is 6.68. The summed E-state index contributed by atoms with van der Waals surface area (Å²) in [7, 11) is 0. The van der Waals surface area contributed by atoms with Crippen molar-refractivity contribution in [3.63, 3.8) is 0 Å². The molecule has 2 rings (SSSR count). The summed E-state index contributed by atoms with van der Waals surface area (Å²) in [5.41, 5.74) is 3.22. The number of carbonyl (C=O) groups is 1. The van der Waals surface area contributed by atoms with Crippen LogP contribution in [-0.2, 0) is 6.54 Å². The Labute approximate surface area is 117 Å². The van der Waals surface area contributed by atoms with Crippen LogP contribution >= 0.6 is 11.3 Å². The minimum Gasteiger partial charge on any atom is -0.396 e. The number of hydrazine groups is 1. The van der Waals surface area contributed by atoms with Gasteiger partial charge >= 0.3 is 0 Å². The quantitative estimate of drug-likeness (QED) is 0.397. The molecule has 4 N–H and O–H groups in total. The second-order valence-electron chi connectivity index (χ2n) is 4.88. The van der Waals surface area contributed by atoms with Gasteiger partial charge in [-0.15, -0.1) is 11.3 Å². The molecule has 1 aliphatic rings. The highest BCUT2D eigenvalue weighted by molar-refractivity contribution is 7.12. The lowest BCUT2D eigenvalue weighted by molar-refractivity contribution is 0.0945. The minimum atomic E-state index is -0.222. The van der Waals surface area contributed by atoms with E-state index in [1.165, 1.54) is 30.6 Å². The van der Waals surface area contributed by atoms with Gasteiger partial charge in [-0.25, -0.2) is 5.84 Å². The fraction of sp³-hybridized carbons (Fsp3) is 0.615. The molecule has 1 aliphatic carbocycles. The third kappa shape index (κ3) is 3.54. The van der Waals surface area contributed by atoms with Crippen molar-refractivity contribution in [1.29, 1.82) is 0 Å². The Morgan fingerprint density at radius 3 is 2.95 bits per heavy atom. The van der Waals surface area contributed by atoms with E-state index in [9.17, 15) is 4.79 Å². The van der Waals surface area contributed by atoms with Crippen molar-refractivity contribution in [2.75, 3.05) is 13.2 Å². The molecule has 0 aromatic carbocycles. The summed E-state index contributed by atoms with van der Waals surface area (Å²) in [6.07, 6.45) is 4.49. The smallest absolute Gasteiger partial charge is 0.275 e. The lowest BCUT2D eigenvalue weighted by Crippen LogP contribution is -2.41. The van der Waals surface area contributed by atoms with E-state index in [1.807, 2.05) is 11.4 Å². The Kier molecular flexibility index (Phi) is 5.33. The number of amides is 1. The largest absolute Gasteiger partial charge is 0.396 e. The molecule has 0 aliphatic heterocycles. The summed E-state index contributed by atoms with van der Waals surface area (Å²) in [5.74, 6) is 4.98. The Morgan fingerprint density at radius 1 is 1.58 bits per heavy atom. The molecule has 5 nitrogen and oxygen atoms in total. The Morgan fingerprint density at radius 2 is 2.37 bits per heavy atom. The highest BCUT2D eigenvalue weighted by Gasteiger charge is 2.26. The molecular weight excluding hydrogens is 262 g/mol. The molecule has 0 bridgehead atoms. The first-order valence-corrected chi connectivity index (χ1v) is 7.56. The van der Waals surface area contributed by atoms with Crippen molar-refractivity contribution in [3.05, 3.63) is 21.9 Å². The topological polar surface area (TPSA) is 78.6 Å². The van der Waals surface area contributed by atoms with Gasteiger partial charge in [-0.05, 0) is 36.3 Å². The molecule has 0 atom stereocenters. The van der Waals surface area contributed by atoms with Gasteiger partial charge in [-0.2, -0.15) is 0 Å². The Hall–Kier alpha value is -0.950. The average molecular weight is 283 g/mol. The van der Waals surface area contributed by atoms with Crippen LogP contribution in [0.5, 0.6) is 0 Å². The molecule has 1 saturated carbocycles. The van der Waals surface area contributed by atoms with Gasteiger partial charge in [0.15, 0.2) is 0 Å². The van der Waals surface area contributed by atoms with Gasteiger partial charge in [0.1, 0.15) is 0 Å². The van der Waals surface area contributed by atoms with Crippen LogP contribution in [0.1, 0.15) is 40.9 Å². The van der Waals surface area contributed by atoms with Crippen LogP contribution in [-0.4, -0.2) is 35.1 Å². The number of hydrogen-bond donors (Lipinski definition) is 3. The zero-order valence-electron chi connectivity index (χ0n) is 11.0. The van der Waals surface area contributed by atoms with Crippen LogP contribution in [0.2, 0.25) is 0 Å². The van der Waals surface area contributed by atoms with E-state index in [-0.39, 0.29) is 12.5 Å². The summed E-state index contributed by atoms with van der Waals surface area (Å²) in [6.45, 7) is 1.85. The van der Waals surface area contributed by atoms with Crippen LogP contribution in [0.15, 0.2) is 11.4 Å². The number of nitrogens with one attached hydrogen (secondary N) is 1. The van der Waals surface area contributed by atoms with Crippen molar-refractivity contribution in [2.45, 2.75) is 38.3 Å². The van der Waals surface area contributed by atoms with E-state index >= 15 is 0 Å². The maximum atomic E-state index is 11.7. The molecule has 106 valence electrons. The summed E-state index contributed by atoms with van der Waals surface area (Å²) >= 11 is 1.42. The fourth-order valence-electron chi connectivity index (χ4n) is 2.36. The number of hydrogen-bond acceptors (Lipinski definition) is 5. The van der Waals surface area contributed by atoms with Crippen LogP contribution in [0.3, 0.4) is 0 Å². The normalized spacial score (nSPS) is 15.5. The minimum absolute atomic E-state index is 0.211. The molecule has 19 heavy (non-hydrogen) atoms. The van der Waals surface area contributed by atoms with Gasteiger partial charge in [-0.3, -0.25) is 15.1 Å². The van der Waals surface area contributed by atoms with E-state index in [0.29, 0.717) is 10.9 Å². The van der Waals surface area contributed by atoms with Crippen LogP contribution in [0, 0.1) is 0 Å². The third-order valence-corrected chi connectivity index (χ3v) is 4.61. The number of aliphatic hydroxyl groups is 1. The maximum absolute atomic E-state index is 11.7. The highest BCUT2D eigenvalue weighted by atomic mass is 32.1. The predicted molar refractivity (Wildman–Crippen MR) is 75.7 cm³/mol. The predicted octanol–water partition coefficient (Wildman–Crippen LogP) is 1.09. The zero-order valence-corrected chi connectivity index (χ0v) is 11.8. The van der Waals surface area contributed by atoms with Gasteiger partial charge in [-0.1, -0.05) is 6.42 Å². The first-order chi connectivity index (χ1) is 9.26. The molecule has 0 unspecified atom stereocenters. The van der Waals surface area contributed by atoms with Gasteiger partial charge in [0.25, 0.3) is 5.91 Å². The number of aliphatic hydroxyl groups excluding tert-OH is 1. The number of thiophene rings is 1. The van der Waals surface area contributed by atoms with E-state index in [4.69, 9.17) is 10.9 Å². The number of nitrogen functional groups attached to an aromatic ring is 1. The molecule has 6 heteroatoms. The van der Waals surface area contributed by atoms with E-state index in [1.54, 1.807) is 0 Å². The van der Waals surface area contributed by atoms with Gasteiger partial charge in [0.2, 0.25) is 0 Å². The zero-order chi connectivity index (χ0) is 13.7. The lowest BCUT2D eigenvalue weighted by Gasteiger charge is -2.37. The molecule has 1 fully saturated rings. The summed E-state index contributed by atoms with van der Waals surface area (Å²) in [4.78, 5) is 14.7. The molecule has 1 aromatic rings. The van der Waals surface area contributed by atoms with Gasteiger partial charge < -0.3 is 5.11 Å². The molecule has 1 heterocycles. The second-order valence-corrected chi connectivity index (χ2v) is 5.80. The Balaban J connectivity index is 2.03. The number of rotatable bonds is 7. The van der Waals surface area contributed by atoms with E-state index < -0.39 is 0 Å².